The maximum Gasteiger partial charge on any atom is 0.409 e. The molecule has 2 aliphatic rings. The number of aliphatic hydroxyl groups excluding tert-OH is 1. The van der Waals surface area contributed by atoms with Crippen LogP contribution in [-0.4, -0.2) is 54.4 Å². The first-order chi connectivity index (χ1) is 10.1. The maximum absolute atomic E-state index is 14.2. The third kappa shape index (κ3) is 2.42. The number of halogens is 1. The van der Waals surface area contributed by atoms with E-state index in [-0.39, 0.29) is 18.3 Å². The summed E-state index contributed by atoms with van der Waals surface area (Å²) in [6, 6.07) is 1.48. The second kappa shape index (κ2) is 5.48. The fourth-order valence-electron chi connectivity index (χ4n) is 3.26. The van der Waals surface area contributed by atoms with Gasteiger partial charge in [-0.3, -0.25) is 0 Å². The Kier molecular flexibility index (Phi) is 3.67. The Morgan fingerprint density at radius 1 is 1.43 bits per heavy atom. The van der Waals surface area contributed by atoms with Crippen LogP contribution in [0.25, 0.3) is 0 Å². The van der Waals surface area contributed by atoms with E-state index in [1.165, 1.54) is 19.4 Å². The zero-order valence-electron chi connectivity index (χ0n) is 11.8. The fraction of sp³-hybridized carbons (Fsp3) is 0.571. The van der Waals surface area contributed by atoms with E-state index in [1.807, 2.05) is 4.90 Å². The highest BCUT2D eigenvalue weighted by molar-refractivity contribution is 5.68. The SMILES string of the molecule is COC(=O)N1CC2CN(c3nccc(CO)c3F)CC2C1. The Balaban J connectivity index is 1.72. The topological polar surface area (TPSA) is 65.9 Å². The number of hydrogen-bond acceptors (Lipinski definition) is 5. The molecule has 0 bridgehead atoms. The molecule has 1 aromatic heterocycles. The summed E-state index contributed by atoms with van der Waals surface area (Å²) in [7, 11) is 1.38. The molecule has 3 heterocycles. The predicted molar refractivity (Wildman–Crippen MR) is 73.3 cm³/mol. The van der Waals surface area contributed by atoms with E-state index in [4.69, 9.17) is 9.84 Å². The molecule has 6 nitrogen and oxygen atoms in total. The number of nitrogens with zero attached hydrogens (tertiary/aromatic N) is 3. The highest BCUT2D eigenvalue weighted by Gasteiger charge is 2.42. The van der Waals surface area contributed by atoms with Gasteiger partial charge in [-0.2, -0.15) is 0 Å². The number of fused-ring (bicyclic) bond motifs is 1. The van der Waals surface area contributed by atoms with Crippen molar-refractivity contribution in [2.45, 2.75) is 6.61 Å². The van der Waals surface area contributed by atoms with Crippen molar-refractivity contribution in [3.63, 3.8) is 0 Å². The lowest BCUT2D eigenvalue weighted by Gasteiger charge is -2.22. The molecule has 2 fully saturated rings. The summed E-state index contributed by atoms with van der Waals surface area (Å²) in [4.78, 5) is 19.2. The van der Waals surface area contributed by atoms with Gasteiger partial charge in [0, 0.05) is 49.8 Å². The first kappa shape index (κ1) is 14.1. The van der Waals surface area contributed by atoms with Gasteiger partial charge in [0.25, 0.3) is 0 Å². The molecule has 2 saturated heterocycles. The number of rotatable bonds is 2. The fourth-order valence-corrected chi connectivity index (χ4v) is 3.26. The van der Waals surface area contributed by atoms with Crippen LogP contribution in [0, 0.1) is 17.7 Å². The van der Waals surface area contributed by atoms with Crippen LogP contribution in [0.3, 0.4) is 0 Å². The summed E-state index contributed by atoms with van der Waals surface area (Å²) in [6.07, 6.45) is 1.21. The Labute approximate surface area is 122 Å². The van der Waals surface area contributed by atoms with Crippen molar-refractivity contribution < 1.29 is 19.0 Å². The molecule has 2 unspecified atom stereocenters. The number of pyridine rings is 1. The second-order valence-corrected chi connectivity index (χ2v) is 5.57. The number of methoxy groups -OCH3 is 1. The highest BCUT2D eigenvalue weighted by atomic mass is 19.1. The zero-order chi connectivity index (χ0) is 15.0. The number of carbonyl (C=O) groups excluding carboxylic acids is 1. The quantitative estimate of drug-likeness (QED) is 0.876. The molecule has 1 amide bonds. The molecule has 0 radical (unpaired) electrons. The molecular weight excluding hydrogens is 277 g/mol. The highest BCUT2D eigenvalue weighted by Crippen LogP contribution is 2.34. The van der Waals surface area contributed by atoms with Gasteiger partial charge in [0.05, 0.1) is 13.7 Å². The summed E-state index contributed by atoms with van der Waals surface area (Å²) < 4.78 is 18.9. The van der Waals surface area contributed by atoms with Crippen molar-refractivity contribution in [3.8, 4) is 0 Å². The third-order valence-corrected chi connectivity index (χ3v) is 4.34. The maximum atomic E-state index is 14.2. The molecule has 3 rings (SSSR count). The molecule has 0 saturated carbocycles. The number of hydrogen-bond donors (Lipinski definition) is 1. The van der Waals surface area contributed by atoms with Gasteiger partial charge in [0.2, 0.25) is 0 Å². The van der Waals surface area contributed by atoms with Gasteiger partial charge in [-0.25, -0.2) is 14.2 Å². The summed E-state index contributed by atoms with van der Waals surface area (Å²) in [5, 5.41) is 9.13. The normalized spacial score (nSPS) is 24.3. The van der Waals surface area contributed by atoms with E-state index in [1.54, 1.807) is 4.90 Å². The van der Waals surface area contributed by atoms with Crippen molar-refractivity contribution in [2.24, 2.45) is 11.8 Å². The molecule has 21 heavy (non-hydrogen) atoms. The third-order valence-electron chi connectivity index (χ3n) is 4.34. The molecule has 0 aliphatic carbocycles. The van der Waals surface area contributed by atoms with Crippen molar-refractivity contribution in [3.05, 3.63) is 23.6 Å². The van der Waals surface area contributed by atoms with E-state index in [9.17, 15) is 9.18 Å². The standard InChI is InChI=1S/C14H18FN3O3/c1-21-14(20)18-6-10-4-17(5-11(10)7-18)13-12(15)9(8-19)2-3-16-13/h2-3,10-11,19H,4-8H2,1H3. The van der Waals surface area contributed by atoms with E-state index < -0.39 is 5.82 Å². The Bertz CT molecular complexity index is 540. The minimum atomic E-state index is -0.454. The molecular formula is C14H18FN3O3. The summed E-state index contributed by atoms with van der Waals surface area (Å²) in [5.41, 5.74) is 0.258. The molecule has 0 spiro atoms. The Morgan fingerprint density at radius 2 is 2.10 bits per heavy atom. The average Bonchev–Trinajstić information content (AvgIpc) is 3.05. The molecule has 0 aromatic carbocycles. The van der Waals surface area contributed by atoms with E-state index in [0.717, 1.165) is 0 Å². The number of ether oxygens (including phenoxy) is 1. The number of amides is 1. The van der Waals surface area contributed by atoms with Crippen LogP contribution in [0.1, 0.15) is 5.56 Å². The minimum Gasteiger partial charge on any atom is -0.453 e. The van der Waals surface area contributed by atoms with Crippen LogP contribution >= 0.6 is 0 Å². The van der Waals surface area contributed by atoms with Crippen LogP contribution < -0.4 is 4.90 Å². The number of likely N-dealkylation sites (tertiary alicyclic amines) is 1. The Hall–Kier alpha value is -1.89. The average molecular weight is 295 g/mol. The number of carbonyl (C=O) groups is 1. The van der Waals surface area contributed by atoms with Gasteiger partial charge in [-0.15, -0.1) is 0 Å². The number of aromatic nitrogens is 1. The van der Waals surface area contributed by atoms with E-state index in [0.29, 0.717) is 43.8 Å². The molecule has 7 heteroatoms. The lowest BCUT2D eigenvalue weighted by Crippen LogP contribution is -2.33. The zero-order valence-corrected chi connectivity index (χ0v) is 11.8. The van der Waals surface area contributed by atoms with Crippen LogP contribution in [0.15, 0.2) is 12.3 Å². The van der Waals surface area contributed by atoms with Crippen molar-refractivity contribution in [2.75, 3.05) is 38.2 Å². The molecule has 2 atom stereocenters. The van der Waals surface area contributed by atoms with E-state index in [2.05, 4.69) is 4.98 Å². The van der Waals surface area contributed by atoms with Gasteiger partial charge < -0.3 is 19.6 Å². The van der Waals surface area contributed by atoms with Crippen LogP contribution in [0.4, 0.5) is 15.0 Å². The molecule has 114 valence electrons. The molecule has 2 aliphatic heterocycles. The number of aliphatic hydroxyl groups is 1. The largest absolute Gasteiger partial charge is 0.453 e. The van der Waals surface area contributed by atoms with Crippen molar-refractivity contribution in [1.82, 2.24) is 9.88 Å². The minimum absolute atomic E-state index is 0.258. The first-order valence-electron chi connectivity index (χ1n) is 6.96. The monoisotopic (exact) mass is 295 g/mol. The van der Waals surface area contributed by atoms with Gasteiger partial charge in [-0.1, -0.05) is 0 Å². The van der Waals surface area contributed by atoms with E-state index >= 15 is 0 Å². The van der Waals surface area contributed by atoms with Crippen LogP contribution in [0.2, 0.25) is 0 Å². The summed E-state index contributed by atoms with van der Waals surface area (Å²) >= 11 is 0. The molecule has 1 N–H and O–H groups in total. The summed E-state index contributed by atoms with van der Waals surface area (Å²) in [6.45, 7) is 2.26. The van der Waals surface area contributed by atoms with Crippen LogP contribution in [0.5, 0.6) is 0 Å². The van der Waals surface area contributed by atoms with Gasteiger partial charge >= 0.3 is 6.09 Å². The van der Waals surface area contributed by atoms with Crippen LogP contribution in [-0.2, 0) is 11.3 Å². The van der Waals surface area contributed by atoms with Gasteiger partial charge in [-0.05, 0) is 6.07 Å². The van der Waals surface area contributed by atoms with Crippen molar-refractivity contribution >= 4 is 11.9 Å². The molecule has 1 aromatic rings. The predicted octanol–water partition coefficient (Wildman–Crippen LogP) is 0.847. The van der Waals surface area contributed by atoms with Gasteiger partial charge in [0.15, 0.2) is 11.6 Å². The Morgan fingerprint density at radius 3 is 2.67 bits per heavy atom. The lowest BCUT2D eigenvalue weighted by molar-refractivity contribution is 0.130. The van der Waals surface area contributed by atoms with Crippen molar-refractivity contribution in [1.29, 1.82) is 0 Å². The first-order valence-corrected chi connectivity index (χ1v) is 6.96. The summed E-state index contributed by atoms with van der Waals surface area (Å²) in [5.74, 6) is 0.455. The van der Waals surface area contributed by atoms with Gasteiger partial charge in [0.1, 0.15) is 0 Å². The lowest BCUT2D eigenvalue weighted by atomic mass is 10.0. The smallest absolute Gasteiger partial charge is 0.409 e. The second-order valence-electron chi connectivity index (χ2n) is 5.57. The number of anilines is 1.